The second kappa shape index (κ2) is 6.46. The van der Waals surface area contributed by atoms with Crippen LogP contribution in [0.3, 0.4) is 0 Å². The molecule has 112 valence electrons. The number of hydrogen-bond donors (Lipinski definition) is 1. The molecule has 1 aliphatic rings. The van der Waals surface area contributed by atoms with E-state index in [0.717, 1.165) is 37.6 Å². The van der Waals surface area contributed by atoms with Crippen LogP contribution in [0.2, 0.25) is 0 Å². The molecule has 2 rings (SSSR count). The molecule has 1 aliphatic heterocycles. The maximum atomic E-state index is 9.68. The molecule has 0 bridgehead atoms. The lowest BCUT2D eigenvalue weighted by atomic mass is 10.0. The molecule has 0 aliphatic carbocycles. The lowest BCUT2D eigenvalue weighted by molar-refractivity contribution is 0.127. The molecule has 0 amide bonds. The third-order valence-electron chi connectivity index (χ3n) is 4.23. The molecule has 1 saturated heterocycles. The Morgan fingerprint density at radius 3 is 2.50 bits per heavy atom. The fraction of sp³-hybridized carbons (Fsp3) is 0.625. The predicted molar refractivity (Wildman–Crippen MR) is 79.3 cm³/mol. The Labute approximate surface area is 121 Å². The maximum absolute atomic E-state index is 9.68. The van der Waals surface area contributed by atoms with Crippen LogP contribution in [-0.4, -0.2) is 43.4 Å². The Morgan fingerprint density at radius 2 is 1.95 bits per heavy atom. The molecular formula is C16H25NO3. The molecule has 20 heavy (non-hydrogen) atoms. The van der Waals surface area contributed by atoms with Crippen molar-refractivity contribution in [3.8, 4) is 11.5 Å². The lowest BCUT2D eigenvalue weighted by Gasteiger charge is -2.20. The zero-order chi connectivity index (χ0) is 14.7. The minimum atomic E-state index is -0.216. The van der Waals surface area contributed by atoms with Crippen LogP contribution in [0.1, 0.15) is 24.5 Å². The van der Waals surface area contributed by atoms with E-state index in [2.05, 4.69) is 17.9 Å². The molecule has 2 unspecified atom stereocenters. The zero-order valence-corrected chi connectivity index (χ0v) is 12.8. The first-order valence-corrected chi connectivity index (χ1v) is 7.17. The van der Waals surface area contributed by atoms with Gasteiger partial charge in [-0.1, -0.05) is 0 Å². The highest BCUT2D eigenvalue weighted by molar-refractivity contribution is 5.47. The van der Waals surface area contributed by atoms with Crippen LogP contribution >= 0.6 is 0 Å². The van der Waals surface area contributed by atoms with Gasteiger partial charge in [-0.05, 0) is 56.0 Å². The third-order valence-corrected chi connectivity index (χ3v) is 4.23. The van der Waals surface area contributed by atoms with Crippen molar-refractivity contribution in [3.05, 3.63) is 23.3 Å². The Hall–Kier alpha value is -1.26. The number of benzene rings is 1. The van der Waals surface area contributed by atoms with Gasteiger partial charge in [-0.3, -0.25) is 4.90 Å². The van der Waals surface area contributed by atoms with Crippen molar-refractivity contribution in [1.82, 2.24) is 4.90 Å². The van der Waals surface area contributed by atoms with Crippen LogP contribution in [0.4, 0.5) is 0 Å². The first-order valence-electron chi connectivity index (χ1n) is 7.17. The molecule has 1 aromatic carbocycles. The predicted octanol–water partition coefficient (Wildman–Crippen LogP) is 2.21. The molecule has 4 heteroatoms. The van der Waals surface area contributed by atoms with Crippen molar-refractivity contribution in [2.75, 3.05) is 27.3 Å². The van der Waals surface area contributed by atoms with Crippen molar-refractivity contribution in [1.29, 1.82) is 0 Å². The summed E-state index contributed by atoms with van der Waals surface area (Å²) in [5, 5.41) is 9.68. The van der Waals surface area contributed by atoms with E-state index in [1.807, 2.05) is 13.0 Å². The third kappa shape index (κ3) is 3.25. The van der Waals surface area contributed by atoms with E-state index >= 15 is 0 Å². The Balaban J connectivity index is 2.10. The maximum Gasteiger partial charge on any atom is 0.161 e. The number of aryl methyl sites for hydroxylation is 1. The second-order valence-electron chi connectivity index (χ2n) is 5.66. The van der Waals surface area contributed by atoms with Gasteiger partial charge in [-0.15, -0.1) is 0 Å². The SMILES string of the molecule is COc1cc(C)c(CN2CCC(C(C)O)C2)cc1OC. The summed E-state index contributed by atoms with van der Waals surface area (Å²) >= 11 is 0. The highest BCUT2D eigenvalue weighted by Gasteiger charge is 2.26. The molecule has 1 fully saturated rings. The molecule has 2 atom stereocenters. The fourth-order valence-corrected chi connectivity index (χ4v) is 2.83. The van der Waals surface area contributed by atoms with Gasteiger partial charge in [-0.2, -0.15) is 0 Å². The molecule has 0 spiro atoms. The monoisotopic (exact) mass is 279 g/mol. The summed E-state index contributed by atoms with van der Waals surface area (Å²) in [4.78, 5) is 2.39. The van der Waals surface area contributed by atoms with Gasteiger partial charge in [0, 0.05) is 13.1 Å². The van der Waals surface area contributed by atoms with Crippen molar-refractivity contribution >= 4 is 0 Å². The molecule has 0 aromatic heterocycles. The van der Waals surface area contributed by atoms with Gasteiger partial charge in [-0.25, -0.2) is 0 Å². The Morgan fingerprint density at radius 1 is 1.30 bits per heavy atom. The van der Waals surface area contributed by atoms with Crippen LogP contribution in [-0.2, 0) is 6.54 Å². The smallest absolute Gasteiger partial charge is 0.161 e. The number of ether oxygens (including phenoxy) is 2. The summed E-state index contributed by atoms with van der Waals surface area (Å²) in [6, 6.07) is 4.08. The number of aliphatic hydroxyl groups is 1. The Kier molecular flexibility index (Phi) is 4.89. The molecule has 4 nitrogen and oxygen atoms in total. The summed E-state index contributed by atoms with van der Waals surface area (Å²) < 4.78 is 10.7. The minimum absolute atomic E-state index is 0.216. The van der Waals surface area contributed by atoms with Crippen molar-refractivity contribution < 1.29 is 14.6 Å². The van der Waals surface area contributed by atoms with Crippen LogP contribution in [0.15, 0.2) is 12.1 Å². The molecule has 1 N–H and O–H groups in total. The largest absolute Gasteiger partial charge is 0.493 e. The van der Waals surface area contributed by atoms with Crippen LogP contribution < -0.4 is 9.47 Å². The lowest BCUT2D eigenvalue weighted by Crippen LogP contribution is -2.24. The van der Waals surface area contributed by atoms with E-state index in [1.165, 1.54) is 11.1 Å². The topological polar surface area (TPSA) is 41.9 Å². The van der Waals surface area contributed by atoms with Gasteiger partial charge in [0.25, 0.3) is 0 Å². The van der Waals surface area contributed by atoms with Gasteiger partial charge in [0.05, 0.1) is 20.3 Å². The van der Waals surface area contributed by atoms with E-state index in [9.17, 15) is 5.11 Å². The van der Waals surface area contributed by atoms with E-state index < -0.39 is 0 Å². The van der Waals surface area contributed by atoms with Crippen molar-refractivity contribution in [3.63, 3.8) is 0 Å². The van der Waals surface area contributed by atoms with Crippen LogP contribution in [0, 0.1) is 12.8 Å². The first-order chi connectivity index (χ1) is 9.55. The normalized spacial score (nSPS) is 20.9. The number of hydrogen-bond acceptors (Lipinski definition) is 4. The van der Waals surface area contributed by atoms with Gasteiger partial charge >= 0.3 is 0 Å². The summed E-state index contributed by atoms with van der Waals surface area (Å²) in [5.41, 5.74) is 2.47. The molecule has 0 radical (unpaired) electrons. The quantitative estimate of drug-likeness (QED) is 0.897. The van der Waals surface area contributed by atoms with Crippen molar-refractivity contribution in [2.45, 2.75) is 32.9 Å². The van der Waals surface area contributed by atoms with E-state index in [0.29, 0.717) is 5.92 Å². The molecule has 0 saturated carbocycles. The second-order valence-corrected chi connectivity index (χ2v) is 5.66. The summed E-state index contributed by atoms with van der Waals surface area (Å²) in [6.07, 6.45) is 0.857. The standard InChI is InChI=1S/C16H25NO3/c1-11-7-15(19-3)16(20-4)8-14(11)10-17-6-5-13(9-17)12(2)18/h7-8,12-13,18H,5-6,9-10H2,1-4H3. The van der Waals surface area contributed by atoms with Crippen LogP contribution in [0.25, 0.3) is 0 Å². The van der Waals surface area contributed by atoms with E-state index in [4.69, 9.17) is 9.47 Å². The van der Waals surface area contributed by atoms with Crippen molar-refractivity contribution in [2.24, 2.45) is 5.92 Å². The van der Waals surface area contributed by atoms with E-state index in [1.54, 1.807) is 14.2 Å². The number of nitrogens with zero attached hydrogens (tertiary/aromatic N) is 1. The number of likely N-dealkylation sites (tertiary alicyclic amines) is 1. The number of aliphatic hydroxyl groups excluding tert-OH is 1. The highest BCUT2D eigenvalue weighted by Crippen LogP contribution is 2.31. The number of rotatable bonds is 5. The molecule has 1 aromatic rings. The first kappa shape index (κ1) is 15.1. The average Bonchev–Trinajstić information content (AvgIpc) is 2.89. The average molecular weight is 279 g/mol. The van der Waals surface area contributed by atoms with Gasteiger partial charge < -0.3 is 14.6 Å². The van der Waals surface area contributed by atoms with E-state index in [-0.39, 0.29) is 6.10 Å². The van der Waals surface area contributed by atoms with Gasteiger partial charge in [0.2, 0.25) is 0 Å². The van der Waals surface area contributed by atoms with Gasteiger partial charge in [0.1, 0.15) is 0 Å². The highest BCUT2D eigenvalue weighted by atomic mass is 16.5. The fourth-order valence-electron chi connectivity index (χ4n) is 2.83. The Bertz CT molecular complexity index is 459. The zero-order valence-electron chi connectivity index (χ0n) is 12.8. The summed E-state index contributed by atoms with van der Waals surface area (Å²) in [5.74, 6) is 1.95. The molecule has 1 heterocycles. The van der Waals surface area contributed by atoms with Gasteiger partial charge in [0.15, 0.2) is 11.5 Å². The number of methoxy groups -OCH3 is 2. The molecular weight excluding hydrogens is 254 g/mol. The summed E-state index contributed by atoms with van der Waals surface area (Å²) in [6.45, 7) is 6.89. The van der Waals surface area contributed by atoms with Crippen LogP contribution in [0.5, 0.6) is 11.5 Å². The summed E-state index contributed by atoms with van der Waals surface area (Å²) in [7, 11) is 3.32. The minimum Gasteiger partial charge on any atom is -0.493 e.